The van der Waals surface area contributed by atoms with Crippen LogP contribution >= 0.6 is 0 Å². The second-order valence-corrected chi connectivity index (χ2v) is 6.67. The van der Waals surface area contributed by atoms with E-state index in [0.717, 1.165) is 11.6 Å². The average molecular weight is 313 g/mol. The third-order valence-electron chi connectivity index (χ3n) is 5.04. The maximum Gasteiger partial charge on any atom is 0.229 e. The van der Waals surface area contributed by atoms with Crippen LogP contribution in [0.5, 0.6) is 0 Å². The molecule has 0 aromatic carbocycles. The zero-order chi connectivity index (χ0) is 15.5. The van der Waals surface area contributed by atoms with Crippen LogP contribution in [0.4, 0.5) is 5.95 Å². The van der Waals surface area contributed by atoms with Crippen molar-refractivity contribution in [2.45, 2.75) is 69.7 Å². The molecule has 0 saturated heterocycles. The molecule has 122 valence electrons. The van der Waals surface area contributed by atoms with Gasteiger partial charge < -0.3 is 9.84 Å². The summed E-state index contributed by atoms with van der Waals surface area (Å²) in [7, 11) is 0. The van der Waals surface area contributed by atoms with Crippen LogP contribution < -0.4 is 5.32 Å². The van der Waals surface area contributed by atoms with Crippen molar-refractivity contribution in [2.75, 3.05) is 5.32 Å². The maximum atomic E-state index is 5.40. The fourth-order valence-corrected chi connectivity index (χ4v) is 3.74. The van der Waals surface area contributed by atoms with Crippen molar-refractivity contribution in [3.63, 3.8) is 0 Å². The monoisotopic (exact) mass is 313 g/mol. The van der Waals surface area contributed by atoms with Crippen molar-refractivity contribution in [2.24, 2.45) is 0 Å². The summed E-state index contributed by atoms with van der Waals surface area (Å²) < 4.78 is 5.40. The van der Waals surface area contributed by atoms with Gasteiger partial charge in [0.25, 0.3) is 0 Å². The van der Waals surface area contributed by atoms with E-state index in [1.807, 2.05) is 12.3 Å². The molecule has 6 heteroatoms. The first-order valence-corrected chi connectivity index (χ1v) is 8.78. The van der Waals surface area contributed by atoms with Gasteiger partial charge in [-0.05, 0) is 31.7 Å². The minimum Gasteiger partial charge on any atom is -0.347 e. The highest BCUT2D eigenvalue weighted by Gasteiger charge is 2.23. The number of hydrogen-bond donors (Lipinski definition) is 1. The zero-order valence-corrected chi connectivity index (χ0v) is 13.4. The first-order chi connectivity index (χ1) is 11.4. The standard InChI is InChI=1S/C17H23N5O/c1-2-6-12(5-1)14-9-10-18-17(20-14)19-11-15-21-16(23-22-15)13-7-3-4-8-13/h9-10,12-13H,1-8,11H2,(H,18,19,20). The molecule has 0 radical (unpaired) electrons. The van der Waals surface area contributed by atoms with Gasteiger partial charge in [-0.1, -0.05) is 30.8 Å². The van der Waals surface area contributed by atoms with E-state index in [-0.39, 0.29) is 0 Å². The summed E-state index contributed by atoms with van der Waals surface area (Å²) in [4.78, 5) is 13.5. The molecule has 0 spiro atoms. The quantitative estimate of drug-likeness (QED) is 0.905. The highest BCUT2D eigenvalue weighted by atomic mass is 16.5. The Bertz CT molecular complexity index is 644. The smallest absolute Gasteiger partial charge is 0.229 e. The number of hydrogen-bond acceptors (Lipinski definition) is 6. The van der Waals surface area contributed by atoms with Crippen LogP contribution in [-0.4, -0.2) is 20.1 Å². The Hall–Kier alpha value is -1.98. The van der Waals surface area contributed by atoms with Crippen LogP contribution in [-0.2, 0) is 6.54 Å². The summed E-state index contributed by atoms with van der Waals surface area (Å²) in [5.74, 6) is 3.18. The Balaban J connectivity index is 1.38. The molecule has 2 aliphatic rings. The fraction of sp³-hybridized carbons (Fsp3) is 0.647. The van der Waals surface area contributed by atoms with Gasteiger partial charge in [-0.2, -0.15) is 4.98 Å². The van der Waals surface area contributed by atoms with Gasteiger partial charge in [-0.3, -0.25) is 0 Å². The summed E-state index contributed by atoms with van der Waals surface area (Å²) in [6, 6.07) is 2.04. The van der Waals surface area contributed by atoms with Gasteiger partial charge >= 0.3 is 0 Å². The van der Waals surface area contributed by atoms with Crippen LogP contribution in [0.2, 0.25) is 0 Å². The molecule has 0 atom stereocenters. The van der Waals surface area contributed by atoms with E-state index in [1.165, 1.54) is 51.4 Å². The average Bonchev–Trinajstić information content (AvgIpc) is 3.35. The predicted molar refractivity (Wildman–Crippen MR) is 86.1 cm³/mol. The molecule has 6 nitrogen and oxygen atoms in total. The molecule has 2 aromatic heterocycles. The van der Waals surface area contributed by atoms with E-state index in [4.69, 9.17) is 4.52 Å². The highest BCUT2D eigenvalue weighted by Crippen LogP contribution is 2.33. The third-order valence-corrected chi connectivity index (χ3v) is 5.04. The fourth-order valence-electron chi connectivity index (χ4n) is 3.74. The molecule has 2 saturated carbocycles. The maximum absolute atomic E-state index is 5.40. The molecular weight excluding hydrogens is 290 g/mol. The van der Waals surface area contributed by atoms with Crippen LogP contribution in [0.25, 0.3) is 0 Å². The second kappa shape index (κ2) is 6.64. The summed E-state index contributed by atoms with van der Waals surface area (Å²) in [6.45, 7) is 0.504. The number of aromatic nitrogens is 4. The van der Waals surface area contributed by atoms with Crippen molar-refractivity contribution < 1.29 is 4.52 Å². The lowest BCUT2D eigenvalue weighted by Gasteiger charge is -2.09. The topological polar surface area (TPSA) is 76.7 Å². The van der Waals surface area contributed by atoms with Crippen molar-refractivity contribution in [3.05, 3.63) is 29.7 Å². The van der Waals surface area contributed by atoms with E-state index in [0.29, 0.717) is 30.2 Å². The Kier molecular flexibility index (Phi) is 4.22. The van der Waals surface area contributed by atoms with E-state index in [9.17, 15) is 0 Å². The Morgan fingerprint density at radius 3 is 2.52 bits per heavy atom. The van der Waals surface area contributed by atoms with Gasteiger partial charge in [0, 0.05) is 23.7 Å². The van der Waals surface area contributed by atoms with Crippen molar-refractivity contribution in [1.82, 2.24) is 20.1 Å². The van der Waals surface area contributed by atoms with Crippen LogP contribution in [0.15, 0.2) is 16.8 Å². The number of nitrogens with zero attached hydrogens (tertiary/aromatic N) is 4. The molecule has 1 N–H and O–H groups in total. The van der Waals surface area contributed by atoms with Crippen molar-refractivity contribution >= 4 is 5.95 Å². The number of rotatable bonds is 5. The van der Waals surface area contributed by atoms with E-state index in [2.05, 4.69) is 25.4 Å². The predicted octanol–water partition coefficient (Wildman–Crippen LogP) is 3.79. The lowest BCUT2D eigenvalue weighted by molar-refractivity contribution is 0.350. The molecule has 2 aliphatic carbocycles. The number of nitrogens with one attached hydrogen (secondary N) is 1. The largest absolute Gasteiger partial charge is 0.347 e. The minimum absolute atomic E-state index is 0.457. The summed E-state index contributed by atoms with van der Waals surface area (Å²) in [5.41, 5.74) is 1.15. The van der Waals surface area contributed by atoms with Gasteiger partial charge in [-0.25, -0.2) is 9.97 Å². The Morgan fingerprint density at radius 2 is 1.74 bits per heavy atom. The highest BCUT2D eigenvalue weighted by molar-refractivity contribution is 5.27. The number of anilines is 1. The zero-order valence-electron chi connectivity index (χ0n) is 13.4. The van der Waals surface area contributed by atoms with Crippen LogP contribution in [0.1, 0.15) is 80.6 Å². The molecular formula is C17H23N5O. The van der Waals surface area contributed by atoms with E-state index in [1.54, 1.807) is 0 Å². The molecule has 0 unspecified atom stereocenters. The molecule has 0 bridgehead atoms. The van der Waals surface area contributed by atoms with Crippen molar-refractivity contribution in [3.8, 4) is 0 Å². The minimum atomic E-state index is 0.457. The lowest BCUT2D eigenvalue weighted by atomic mass is 10.0. The van der Waals surface area contributed by atoms with Crippen LogP contribution in [0.3, 0.4) is 0 Å². The van der Waals surface area contributed by atoms with Gasteiger partial charge in [0.1, 0.15) is 0 Å². The Labute approximate surface area is 136 Å². The SMILES string of the molecule is c1cc(C2CCCC2)nc(NCc2noc(C3CCCC3)n2)n1. The summed E-state index contributed by atoms with van der Waals surface area (Å²) >= 11 is 0. The molecule has 2 heterocycles. The molecule has 0 amide bonds. The molecule has 4 rings (SSSR count). The molecule has 0 aliphatic heterocycles. The molecule has 2 aromatic rings. The van der Waals surface area contributed by atoms with Gasteiger partial charge in [0.2, 0.25) is 11.8 Å². The van der Waals surface area contributed by atoms with Gasteiger partial charge in [0.05, 0.1) is 6.54 Å². The normalized spacial score (nSPS) is 19.5. The summed E-state index contributed by atoms with van der Waals surface area (Å²) in [6.07, 6.45) is 11.8. The first-order valence-electron chi connectivity index (χ1n) is 8.78. The van der Waals surface area contributed by atoms with E-state index >= 15 is 0 Å². The molecule has 2 fully saturated rings. The first kappa shape index (κ1) is 14.6. The third kappa shape index (κ3) is 3.35. The van der Waals surface area contributed by atoms with Gasteiger partial charge in [0.15, 0.2) is 5.82 Å². The van der Waals surface area contributed by atoms with Crippen molar-refractivity contribution in [1.29, 1.82) is 0 Å². The second-order valence-electron chi connectivity index (χ2n) is 6.67. The summed E-state index contributed by atoms with van der Waals surface area (Å²) in [5, 5.41) is 7.29. The molecule has 23 heavy (non-hydrogen) atoms. The van der Waals surface area contributed by atoms with Gasteiger partial charge in [-0.15, -0.1) is 0 Å². The van der Waals surface area contributed by atoms with E-state index < -0.39 is 0 Å². The van der Waals surface area contributed by atoms with Crippen LogP contribution in [0, 0.1) is 0 Å². The lowest BCUT2D eigenvalue weighted by Crippen LogP contribution is -2.07. The Morgan fingerprint density at radius 1 is 1.00 bits per heavy atom.